The molecule has 1 saturated heterocycles. The molecule has 1 aromatic rings. The minimum atomic E-state index is 0.189. The number of ether oxygens (including phenoxy) is 2. The average Bonchev–Trinajstić information content (AvgIpc) is 2.54. The fourth-order valence-electron chi connectivity index (χ4n) is 2.89. The summed E-state index contributed by atoms with van der Waals surface area (Å²) in [5.74, 6) is 1.70. The van der Waals surface area contributed by atoms with Gasteiger partial charge in [0.25, 0.3) is 0 Å². The molecule has 0 aliphatic carbocycles. The number of carbonyl (C=O) groups excluding carboxylic acids is 1. The number of nitrogens with zero attached hydrogens (tertiary/aromatic N) is 2. The zero-order chi connectivity index (χ0) is 16.1. The number of hydrogen-bond acceptors (Lipinski definition) is 4. The number of benzene rings is 1. The Balaban J connectivity index is 2.20. The van der Waals surface area contributed by atoms with E-state index >= 15 is 0 Å². The van der Waals surface area contributed by atoms with E-state index < -0.39 is 0 Å². The molecule has 1 aliphatic rings. The van der Waals surface area contributed by atoms with Crippen LogP contribution in [0.4, 0.5) is 0 Å². The number of carbonyl (C=O) groups is 1. The van der Waals surface area contributed by atoms with Crippen molar-refractivity contribution < 1.29 is 14.3 Å². The van der Waals surface area contributed by atoms with Gasteiger partial charge in [0.1, 0.15) is 0 Å². The minimum Gasteiger partial charge on any atom is -0.493 e. The van der Waals surface area contributed by atoms with Crippen molar-refractivity contribution in [2.24, 2.45) is 0 Å². The van der Waals surface area contributed by atoms with Crippen molar-refractivity contribution >= 4 is 5.91 Å². The molecule has 1 heterocycles. The lowest BCUT2D eigenvalue weighted by atomic mass is 10.0. The first-order valence-electron chi connectivity index (χ1n) is 7.80. The Morgan fingerprint density at radius 1 is 1.23 bits per heavy atom. The zero-order valence-corrected chi connectivity index (χ0v) is 14.0. The summed E-state index contributed by atoms with van der Waals surface area (Å²) in [4.78, 5) is 16.4. The lowest BCUT2D eigenvalue weighted by Gasteiger charge is -2.40. The molecule has 5 nitrogen and oxygen atoms in total. The molecule has 1 atom stereocenters. The first-order chi connectivity index (χ1) is 10.6. The van der Waals surface area contributed by atoms with E-state index in [0.717, 1.165) is 43.1 Å². The number of piperazine rings is 1. The minimum absolute atomic E-state index is 0.189. The van der Waals surface area contributed by atoms with Crippen molar-refractivity contribution in [3.8, 4) is 11.5 Å². The molecule has 1 amide bonds. The van der Waals surface area contributed by atoms with Gasteiger partial charge >= 0.3 is 0 Å². The van der Waals surface area contributed by atoms with Crippen LogP contribution in [0, 0.1) is 0 Å². The predicted octanol–water partition coefficient (Wildman–Crippen LogP) is 2.32. The molecule has 22 heavy (non-hydrogen) atoms. The van der Waals surface area contributed by atoms with E-state index in [4.69, 9.17) is 9.47 Å². The molecule has 0 radical (unpaired) electrons. The van der Waals surface area contributed by atoms with Crippen molar-refractivity contribution in [3.63, 3.8) is 0 Å². The van der Waals surface area contributed by atoms with Crippen LogP contribution in [0.25, 0.3) is 0 Å². The molecule has 2 rings (SSSR count). The highest BCUT2D eigenvalue weighted by Gasteiger charge is 2.28. The molecule has 1 unspecified atom stereocenters. The van der Waals surface area contributed by atoms with Gasteiger partial charge < -0.3 is 14.4 Å². The number of hydrogen-bond donors (Lipinski definition) is 0. The largest absolute Gasteiger partial charge is 0.493 e. The summed E-state index contributed by atoms with van der Waals surface area (Å²) in [5.41, 5.74) is 1.15. The SMILES string of the molecule is CCCC(=O)N1CCN(C)C(c2ccc(OC)c(OC)c2)C1. The van der Waals surface area contributed by atoms with Crippen LogP contribution in [0.5, 0.6) is 11.5 Å². The van der Waals surface area contributed by atoms with Crippen molar-refractivity contribution in [3.05, 3.63) is 23.8 Å². The van der Waals surface area contributed by atoms with Crippen LogP contribution in [-0.4, -0.2) is 56.6 Å². The quantitative estimate of drug-likeness (QED) is 0.837. The molecule has 1 aromatic carbocycles. The number of methoxy groups -OCH3 is 2. The highest BCUT2D eigenvalue weighted by Crippen LogP contribution is 2.33. The molecule has 0 aromatic heterocycles. The van der Waals surface area contributed by atoms with Crippen molar-refractivity contribution in [2.75, 3.05) is 40.9 Å². The maximum Gasteiger partial charge on any atom is 0.222 e. The van der Waals surface area contributed by atoms with Crippen molar-refractivity contribution in [2.45, 2.75) is 25.8 Å². The third-order valence-electron chi connectivity index (χ3n) is 4.26. The highest BCUT2D eigenvalue weighted by molar-refractivity contribution is 5.76. The molecule has 0 spiro atoms. The maximum atomic E-state index is 12.2. The van der Waals surface area contributed by atoms with E-state index in [2.05, 4.69) is 18.0 Å². The van der Waals surface area contributed by atoms with Gasteiger partial charge in [0.15, 0.2) is 11.5 Å². The maximum absolute atomic E-state index is 12.2. The summed E-state index contributed by atoms with van der Waals surface area (Å²) in [6.07, 6.45) is 1.52. The van der Waals surface area contributed by atoms with Gasteiger partial charge in [-0.3, -0.25) is 9.69 Å². The van der Waals surface area contributed by atoms with E-state index in [1.807, 2.05) is 24.0 Å². The van der Waals surface area contributed by atoms with E-state index in [-0.39, 0.29) is 11.9 Å². The summed E-state index contributed by atoms with van der Waals surface area (Å²) in [6, 6.07) is 6.17. The Hall–Kier alpha value is -1.75. The fraction of sp³-hybridized carbons (Fsp3) is 0.588. The van der Waals surface area contributed by atoms with Crippen molar-refractivity contribution in [1.82, 2.24) is 9.80 Å². The normalized spacial score (nSPS) is 19.1. The second kappa shape index (κ2) is 7.49. The summed E-state index contributed by atoms with van der Waals surface area (Å²) in [7, 11) is 5.38. The Morgan fingerprint density at radius 3 is 2.59 bits per heavy atom. The first kappa shape index (κ1) is 16.6. The van der Waals surface area contributed by atoms with Gasteiger partial charge in [0.2, 0.25) is 5.91 Å². The molecule has 1 fully saturated rings. The monoisotopic (exact) mass is 306 g/mol. The van der Waals surface area contributed by atoms with E-state index in [9.17, 15) is 4.79 Å². The van der Waals surface area contributed by atoms with Crippen LogP contribution < -0.4 is 9.47 Å². The van der Waals surface area contributed by atoms with Gasteiger partial charge in [-0.05, 0) is 31.2 Å². The average molecular weight is 306 g/mol. The van der Waals surface area contributed by atoms with E-state index in [0.29, 0.717) is 6.42 Å². The molecule has 1 aliphatic heterocycles. The van der Waals surface area contributed by atoms with Gasteiger partial charge in [-0.1, -0.05) is 13.0 Å². The van der Waals surface area contributed by atoms with Crippen LogP contribution in [0.2, 0.25) is 0 Å². The smallest absolute Gasteiger partial charge is 0.222 e. The van der Waals surface area contributed by atoms with Crippen LogP contribution in [0.3, 0.4) is 0 Å². The third-order valence-corrected chi connectivity index (χ3v) is 4.26. The third kappa shape index (κ3) is 3.53. The molecule has 0 bridgehead atoms. The van der Waals surface area contributed by atoms with Gasteiger partial charge in [-0.25, -0.2) is 0 Å². The summed E-state index contributed by atoms with van der Waals surface area (Å²) in [6.45, 7) is 4.46. The Kier molecular flexibility index (Phi) is 5.66. The van der Waals surface area contributed by atoms with Gasteiger partial charge in [0, 0.05) is 26.1 Å². The summed E-state index contributed by atoms with van der Waals surface area (Å²) >= 11 is 0. The Labute approximate surface area is 132 Å². The van der Waals surface area contributed by atoms with Crippen molar-refractivity contribution in [1.29, 1.82) is 0 Å². The van der Waals surface area contributed by atoms with Crippen LogP contribution in [-0.2, 0) is 4.79 Å². The molecule has 122 valence electrons. The number of likely N-dealkylation sites (N-methyl/N-ethyl adjacent to an activating group) is 1. The van der Waals surface area contributed by atoms with E-state index in [1.54, 1.807) is 14.2 Å². The lowest BCUT2D eigenvalue weighted by Crippen LogP contribution is -2.48. The first-order valence-corrected chi connectivity index (χ1v) is 7.80. The molecular formula is C17H26N2O3. The lowest BCUT2D eigenvalue weighted by molar-refractivity contribution is -0.134. The van der Waals surface area contributed by atoms with Crippen LogP contribution in [0.1, 0.15) is 31.4 Å². The zero-order valence-electron chi connectivity index (χ0n) is 14.0. The van der Waals surface area contributed by atoms with Crippen LogP contribution >= 0.6 is 0 Å². The second-order valence-electron chi connectivity index (χ2n) is 5.70. The van der Waals surface area contributed by atoms with E-state index in [1.165, 1.54) is 0 Å². The second-order valence-corrected chi connectivity index (χ2v) is 5.70. The standard InChI is InChI=1S/C17H26N2O3/c1-5-6-17(20)19-10-9-18(2)14(12-19)13-7-8-15(21-3)16(11-13)22-4/h7-8,11,14H,5-6,9-10,12H2,1-4H3. The summed E-state index contributed by atoms with van der Waals surface area (Å²) < 4.78 is 10.7. The Morgan fingerprint density at radius 2 is 1.95 bits per heavy atom. The van der Waals surface area contributed by atoms with Crippen LogP contribution in [0.15, 0.2) is 18.2 Å². The topological polar surface area (TPSA) is 42.0 Å². The molecule has 0 N–H and O–H groups in total. The molecule has 5 heteroatoms. The van der Waals surface area contributed by atoms with Gasteiger partial charge in [-0.2, -0.15) is 0 Å². The predicted molar refractivity (Wildman–Crippen MR) is 86.4 cm³/mol. The fourth-order valence-corrected chi connectivity index (χ4v) is 2.89. The number of rotatable bonds is 5. The molecular weight excluding hydrogens is 280 g/mol. The Bertz CT molecular complexity index is 519. The molecule has 0 saturated carbocycles. The summed E-state index contributed by atoms with van der Waals surface area (Å²) in [5, 5.41) is 0. The highest BCUT2D eigenvalue weighted by atomic mass is 16.5. The number of amides is 1. The van der Waals surface area contributed by atoms with Gasteiger partial charge in [0.05, 0.1) is 20.3 Å². The van der Waals surface area contributed by atoms with Gasteiger partial charge in [-0.15, -0.1) is 0 Å².